The fourth-order valence-electron chi connectivity index (χ4n) is 3.69. The summed E-state index contributed by atoms with van der Waals surface area (Å²) < 4.78 is 0. The number of carbonyl (C=O) groups is 1. The van der Waals surface area contributed by atoms with Gasteiger partial charge < -0.3 is 5.32 Å². The van der Waals surface area contributed by atoms with Crippen molar-refractivity contribution in [3.8, 4) is 0 Å². The van der Waals surface area contributed by atoms with Gasteiger partial charge in [-0.3, -0.25) is 4.79 Å². The molecule has 4 heteroatoms. The van der Waals surface area contributed by atoms with Crippen LogP contribution in [-0.4, -0.2) is 12.0 Å². The highest BCUT2D eigenvalue weighted by molar-refractivity contribution is 8.00. The highest BCUT2D eigenvalue weighted by Crippen LogP contribution is 2.52. The third-order valence-corrected chi connectivity index (χ3v) is 7.12. The maximum Gasteiger partial charge on any atom is 0.193 e. The number of hydrogen-bond donors (Lipinski definition) is 1. The van der Waals surface area contributed by atoms with Crippen LogP contribution in [0.5, 0.6) is 0 Å². The summed E-state index contributed by atoms with van der Waals surface area (Å²) in [5.74, 6) is 0.132. The summed E-state index contributed by atoms with van der Waals surface area (Å²) in [6.45, 7) is 0. The van der Waals surface area contributed by atoms with Gasteiger partial charge in [0.1, 0.15) is 0 Å². The van der Waals surface area contributed by atoms with E-state index in [0.29, 0.717) is 0 Å². The van der Waals surface area contributed by atoms with Gasteiger partial charge in [0.2, 0.25) is 0 Å². The Balaban J connectivity index is 1.71. The van der Waals surface area contributed by atoms with Crippen LogP contribution in [0.4, 0.5) is 5.69 Å². The van der Waals surface area contributed by atoms with Gasteiger partial charge >= 0.3 is 0 Å². The second kappa shape index (κ2) is 6.63. The number of hydrogen-bond acceptors (Lipinski definition) is 4. The van der Waals surface area contributed by atoms with Crippen molar-refractivity contribution in [3.05, 3.63) is 95.1 Å². The van der Waals surface area contributed by atoms with Crippen LogP contribution in [-0.2, 0) is 0 Å². The molecule has 0 saturated heterocycles. The Labute approximate surface area is 167 Å². The minimum absolute atomic E-state index is 0.0352. The van der Waals surface area contributed by atoms with Crippen LogP contribution in [0, 0.1) is 0 Å². The molecule has 132 valence electrons. The molecule has 1 N–H and O–H groups in total. The fraction of sp³-hybridized carbons (Fsp3) is 0.0870. The predicted molar refractivity (Wildman–Crippen MR) is 115 cm³/mol. The van der Waals surface area contributed by atoms with Gasteiger partial charge in [-0.2, -0.15) is 0 Å². The molecule has 2 aliphatic rings. The zero-order valence-electron chi connectivity index (χ0n) is 14.7. The number of ketones is 1. The van der Waals surface area contributed by atoms with Crippen LogP contribution >= 0.6 is 23.5 Å². The molecule has 27 heavy (non-hydrogen) atoms. The molecule has 1 heterocycles. The number of anilines is 1. The van der Waals surface area contributed by atoms with Gasteiger partial charge in [0, 0.05) is 26.5 Å². The van der Waals surface area contributed by atoms with Crippen molar-refractivity contribution >= 4 is 40.7 Å². The highest BCUT2D eigenvalue weighted by Gasteiger charge is 2.37. The molecule has 1 aliphatic carbocycles. The van der Waals surface area contributed by atoms with E-state index in [1.807, 2.05) is 36.4 Å². The first-order valence-electron chi connectivity index (χ1n) is 8.81. The Morgan fingerprint density at radius 3 is 2.37 bits per heavy atom. The average molecular weight is 388 g/mol. The SMILES string of the molecule is CSc1ccc([C@H]2Sc3ccccc3NC3=C2C(=O)c2ccccc23)cc1. The van der Waals surface area contributed by atoms with Crippen molar-refractivity contribution < 1.29 is 4.79 Å². The summed E-state index contributed by atoms with van der Waals surface area (Å²) in [5, 5.41) is 3.53. The van der Waals surface area contributed by atoms with E-state index in [-0.39, 0.29) is 11.0 Å². The topological polar surface area (TPSA) is 29.1 Å². The van der Waals surface area contributed by atoms with Crippen LogP contribution < -0.4 is 5.32 Å². The van der Waals surface area contributed by atoms with Crippen molar-refractivity contribution in [2.75, 3.05) is 11.6 Å². The summed E-state index contributed by atoms with van der Waals surface area (Å²) in [6.07, 6.45) is 2.08. The highest BCUT2D eigenvalue weighted by atomic mass is 32.2. The number of Topliss-reactive ketones (excluding diaryl/α,β-unsaturated/α-hetero) is 1. The van der Waals surface area contributed by atoms with Gasteiger partial charge in [0.25, 0.3) is 0 Å². The quantitative estimate of drug-likeness (QED) is 0.524. The number of rotatable bonds is 2. The Bertz CT molecular complexity index is 1090. The zero-order valence-corrected chi connectivity index (χ0v) is 16.4. The summed E-state index contributed by atoms with van der Waals surface area (Å²) in [6, 6.07) is 24.8. The lowest BCUT2D eigenvalue weighted by atomic mass is 10.0. The Kier molecular flexibility index (Phi) is 4.10. The molecule has 0 radical (unpaired) electrons. The first kappa shape index (κ1) is 16.7. The van der Waals surface area contributed by atoms with E-state index in [1.165, 1.54) is 4.90 Å². The van der Waals surface area contributed by atoms with E-state index in [0.717, 1.165) is 38.5 Å². The molecular formula is C23H17NOS2. The zero-order chi connectivity index (χ0) is 18.4. The molecule has 0 saturated carbocycles. The number of fused-ring (bicyclic) bond motifs is 3. The molecule has 1 aliphatic heterocycles. The summed E-state index contributed by atoms with van der Waals surface area (Å²) in [7, 11) is 0. The molecule has 0 unspecified atom stereocenters. The Hall–Kier alpha value is -2.43. The number of thioether (sulfide) groups is 2. The number of nitrogens with one attached hydrogen (secondary N) is 1. The van der Waals surface area contributed by atoms with Crippen LogP contribution in [0.25, 0.3) is 5.70 Å². The normalized spacial score (nSPS) is 17.7. The first-order chi connectivity index (χ1) is 13.3. The second-order valence-electron chi connectivity index (χ2n) is 6.56. The molecular weight excluding hydrogens is 370 g/mol. The Morgan fingerprint density at radius 2 is 1.59 bits per heavy atom. The maximum atomic E-state index is 13.3. The predicted octanol–water partition coefficient (Wildman–Crippen LogP) is 6.28. The molecule has 5 rings (SSSR count). The number of benzene rings is 3. The standard InChI is InChI=1S/C23H17NOS2/c1-26-15-12-10-14(11-13-15)23-20-21(16-6-2-3-7-17(16)22(20)25)24-18-8-4-5-9-19(18)27-23/h2-13,23-24H,1H3/t23-/m1/s1. The van der Waals surface area contributed by atoms with Crippen LogP contribution in [0.3, 0.4) is 0 Å². The molecule has 3 aromatic rings. The van der Waals surface area contributed by atoms with Gasteiger partial charge in [-0.1, -0.05) is 48.5 Å². The minimum Gasteiger partial charge on any atom is -0.354 e. The van der Waals surface area contributed by atoms with Crippen molar-refractivity contribution in [1.29, 1.82) is 0 Å². The maximum absolute atomic E-state index is 13.3. The molecule has 0 fully saturated rings. The van der Waals surface area contributed by atoms with E-state index in [4.69, 9.17) is 0 Å². The smallest absolute Gasteiger partial charge is 0.193 e. The summed E-state index contributed by atoms with van der Waals surface area (Å²) >= 11 is 3.48. The minimum atomic E-state index is -0.0352. The molecule has 1 atom stereocenters. The number of para-hydroxylation sites is 1. The first-order valence-corrected chi connectivity index (χ1v) is 10.9. The fourth-order valence-corrected chi connectivity index (χ4v) is 5.40. The summed E-state index contributed by atoms with van der Waals surface area (Å²) in [4.78, 5) is 15.7. The van der Waals surface area contributed by atoms with Crippen molar-refractivity contribution in [2.45, 2.75) is 15.0 Å². The van der Waals surface area contributed by atoms with Crippen LogP contribution in [0.15, 0.2) is 88.2 Å². The van der Waals surface area contributed by atoms with Gasteiger partial charge in [-0.25, -0.2) is 0 Å². The van der Waals surface area contributed by atoms with Gasteiger partial charge in [-0.15, -0.1) is 23.5 Å². The van der Waals surface area contributed by atoms with Gasteiger partial charge in [0.15, 0.2) is 5.78 Å². The van der Waals surface area contributed by atoms with E-state index in [9.17, 15) is 4.79 Å². The van der Waals surface area contributed by atoms with Crippen molar-refractivity contribution in [3.63, 3.8) is 0 Å². The van der Waals surface area contributed by atoms with Crippen LogP contribution in [0.1, 0.15) is 26.7 Å². The third-order valence-electron chi connectivity index (χ3n) is 5.03. The molecule has 2 nitrogen and oxygen atoms in total. The monoisotopic (exact) mass is 387 g/mol. The Morgan fingerprint density at radius 1 is 0.889 bits per heavy atom. The molecule has 3 aromatic carbocycles. The lowest BCUT2D eigenvalue weighted by molar-refractivity contribution is 0.103. The van der Waals surface area contributed by atoms with E-state index >= 15 is 0 Å². The lowest BCUT2D eigenvalue weighted by Crippen LogP contribution is -2.07. The molecule has 0 spiro atoms. The van der Waals surface area contributed by atoms with Crippen molar-refractivity contribution in [1.82, 2.24) is 0 Å². The molecule has 0 amide bonds. The van der Waals surface area contributed by atoms with Gasteiger partial charge in [0.05, 0.1) is 16.6 Å². The molecule has 0 aromatic heterocycles. The van der Waals surface area contributed by atoms with Gasteiger partial charge in [-0.05, 0) is 36.1 Å². The van der Waals surface area contributed by atoms with E-state index in [1.54, 1.807) is 23.5 Å². The van der Waals surface area contributed by atoms with Crippen LogP contribution in [0.2, 0.25) is 0 Å². The van der Waals surface area contributed by atoms with E-state index < -0.39 is 0 Å². The average Bonchev–Trinajstić information content (AvgIpc) is 2.88. The third kappa shape index (κ3) is 2.71. The molecule has 0 bridgehead atoms. The van der Waals surface area contributed by atoms with Crippen molar-refractivity contribution in [2.24, 2.45) is 0 Å². The largest absolute Gasteiger partial charge is 0.354 e. The van der Waals surface area contributed by atoms with E-state index in [2.05, 4.69) is 48.0 Å². The lowest BCUT2D eigenvalue weighted by Gasteiger charge is -2.17. The summed E-state index contributed by atoms with van der Waals surface area (Å²) in [5.41, 5.74) is 5.82. The second-order valence-corrected chi connectivity index (χ2v) is 8.58. The number of carbonyl (C=O) groups excluding carboxylic acids is 1.